The third-order valence-corrected chi connectivity index (χ3v) is 3.03. The average Bonchev–Trinajstić information content (AvgIpc) is 2.44. The number of rotatable bonds is 4. The summed E-state index contributed by atoms with van der Waals surface area (Å²) in [6.45, 7) is 2.18. The minimum absolute atomic E-state index is 0.160. The number of phenols is 1. The highest BCUT2D eigenvalue weighted by Crippen LogP contribution is 2.21. The fourth-order valence-electron chi connectivity index (χ4n) is 1.91. The Hall–Kier alpha value is -2.33. The van der Waals surface area contributed by atoms with E-state index < -0.39 is 0 Å². The van der Waals surface area contributed by atoms with Crippen LogP contribution in [0.2, 0.25) is 0 Å². The van der Waals surface area contributed by atoms with Gasteiger partial charge in [0, 0.05) is 24.4 Å². The fourth-order valence-corrected chi connectivity index (χ4v) is 1.91. The van der Waals surface area contributed by atoms with Gasteiger partial charge in [-0.15, -0.1) is 0 Å². The van der Waals surface area contributed by atoms with E-state index in [4.69, 9.17) is 4.74 Å². The van der Waals surface area contributed by atoms with Gasteiger partial charge in [0.2, 0.25) is 0 Å². The van der Waals surface area contributed by atoms with Crippen molar-refractivity contribution < 1.29 is 14.6 Å². The molecule has 2 rings (SSSR count). The summed E-state index contributed by atoms with van der Waals surface area (Å²) in [7, 11) is 1.59. The Morgan fingerprint density at radius 1 is 1.25 bits per heavy atom. The van der Waals surface area contributed by atoms with Crippen LogP contribution in [-0.4, -0.2) is 18.1 Å². The molecule has 0 aromatic heterocycles. The molecule has 1 amide bonds. The summed E-state index contributed by atoms with van der Waals surface area (Å²) in [5.74, 6) is -0.0612. The lowest BCUT2D eigenvalue weighted by Gasteiger charge is -2.10. The van der Waals surface area contributed by atoms with Crippen LogP contribution < -0.4 is 5.32 Å². The lowest BCUT2D eigenvalue weighted by molar-refractivity contribution is 0.102. The molecule has 2 N–H and O–H groups in total. The van der Waals surface area contributed by atoms with Crippen LogP contribution in [0.25, 0.3) is 0 Å². The Labute approximate surface area is 118 Å². The van der Waals surface area contributed by atoms with E-state index in [0.29, 0.717) is 17.9 Å². The van der Waals surface area contributed by atoms with Gasteiger partial charge in [-0.25, -0.2) is 0 Å². The van der Waals surface area contributed by atoms with Crippen molar-refractivity contribution in [3.05, 3.63) is 59.2 Å². The molecule has 0 aliphatic heterocycles. The molecule has 2 aromatic carbocycles. The fraction of sp³-hybridized carbons (Fsp3) is 0.188. The van der Waals surface area contributed by atoms with Gasteiger partial charge in [0.15, 0.2) is 0 Å². The van der Waals surface area contributed by atoms with E-state index in [1.165, 1.54) is 6.07 Å². The van der Waals surface area contributed by atoms with Crippen LogP contribution in [-0.2, 0) is 11.3 Å². The minimum atomic E-state index is -0.221. The van der Waals surface area contributed by atoms with Crippen molar-refractivity contribution in [3.8, 4) is 5.75 Å². The van der Waals surface area contributed by atoms with Gasteiger partial charge in [-0.05, 0) is 30.2 Å². The van der Waals surface area contributed by atoms with Gasteiger partial charge in [0.1, 0.15) is 5.75 Å². The highest BCUT2D eigenvalue weighted by atomic mass is 16.5. The zero-order valence-electron chi connectivity index (χ0n) is 11.5. The maximum absolute atomic E-state index is 12.3. The number of ether oxygens (including phenoxy) is 1. The monoisotopic (exact) mass is 271 g/mol. The smallest absolute Gasteiger partial charge is 0.256 e. The summed E-state index contributed by atoms with van der Waals surface area (Å²) in [6.07, 6.45) is 0. The molecule has 0 radical (unpaired) electrons. The quantitative estimate of drug-likeness (QED) is 0.898. The molecule has 0 bridgehead atoms. The van der Waals surface area contributed by atoms with Crippen molar-refractivity contribution in [3.63, 3.8) is 0 Å². The lowest BCUT2D eigenvalue weighted by atomic mass is 10.1. The first-order valence-electron chi connectivity index (χ1n) is 6.29. The second-order valence-electron chi connectivity index (χ2n) is 4.55. The molecule has 4 nitrogen and oxygen atoms in total. The number of hydrogen-bond acceptors (Lipinski definition) is 3. The van der Waals surface area contributed by atoms with Gasteiger partial charge in [0.05, 0.1) is 6.61 Å². The highest BCUT2D eigenvalue weighted by Gasteiger charge is 2.11. The number of amides is 1. The first kappa shape index (κ1) is 14.1. The largest absolute Gasteiger partial charge is 0.508 e. The summed E-state index contributed by atoms with van der Waals surface area (Å²) in [5.41, 5.74) is 2.71. The molecule has 0 heterocycles. The zero-order valence-corrected chi connectivity index (χ0v) is 11.5. The van der Waals surface area contributed by atoms with Crippen molar-refractivity contribution in [2.45, 2.75) is 13.5 Å². The number of carbonyl (C=O) groups excluding carboxylic acids is 1. The molecule has 0 spiro atoms. The van der Waals surface area contributed by atoms with E-state index in [-0.39, 0.29) is 11.7 Å². The van der Waals surface area contributed by atoms with Gasteiger partial charge < -0.3 is 15.2 Å². The van der Waals surface area contributed by atoms with E-state index in [1.807, 2.05) is 12.1 Å². The van der Waals surface area contributed by atoms with E-state index in [0.717, 1.165) is 11.1 Å². The van der Waals surface area contributed by atoms with Crippen LogP contribution in [0, 0.1) is 6.92 Å². The number of phenolic OH excluding ortho intramolecular Hbond substituents is 1. The van der Waals surface area contributed by atoms with E-state index in [2.05, 4.69) is 5.32 Å². The third-order valence-electron chi connectivity index (χ3n) is 3.03. The van der Waals surface area contributed by atoms with Crippen molar-refractivity contribution in [1.29, 1.82) is 0 Å². The number of anilines is 1. The van der Waals surface area contributed by atoms with Crippen LogP contribution in [0.5, 0.6) is 5.75 Å². The Bertz CT molecular complexity index is 623. The molecule has 0 saturated heterocycles. The van der Waals surface area contributed by atoms with Crippen molar-refractivity contribution in [2.24, 2.45) is 0 Å². The van der Waals surface area contributed by atoms with Crippen LogP contribution in [0.3, 0.4) is 0 Å². The summed E-state index contributed by atoms with van der Waals surface area (Å²) in [4.78, 5) is 12.3. The molecule has 104 valence electrons. The van der Waals surface area contributed by atoms with Crippen LogP contribution in [0.4, 0.5) is 5.69 Å². The number of aromatic hydroxyl groups is 1. The first-order chi connectivity index (χ1) is 9.61. The molecule has 4 heteroatoms. The number of benzene rings is 2. The standard InChI is InChI=1S/C16H17NO3/c1-11-7-8-13(9-15(11)18)17-16(19)14-6-4-3-5-12(14)10-20-2/h3-9,18H,10H2,1-2H3,(H,17,19). The van der Waals surface area contributed by atoms with Crippen molar-refractivity contribution >= 4 is 11.6 Å². The summed E-state index contributed by atoms with van der Waals surface area (Å²) >= 11 is 0. The van der Waals surface area contributed by atoms with Crippen LogP contribution >= 0.6 is 0 Å². The maximum Gasteiger partial charge on any atom is 0.256 e. The van der Waals surface area contributed by atoms with Crippen LogP contribution in [0.1, 0.15) is 21.5 Å². The van der Waals surface area contributed by atoms with Crippen molar-refractivity contribution in [2.75, 3.05) is 12.4 Å². The van der Waals surface area contributed by atoms with Gasteiger partial charge >= 0.3 is 0 Å². The zero-order chi connectivity index (χ0) is 14.5. The van der Waals surface area contributed by atoms with Gasteiger partial charge in [0.25, 0.3) is 5.91 Å². The second kappa shape index (κ2) is 6.21. The van der Waals surface area contributed by atoms with E-state index in [1.54, 1.807) is 38.3 Å². The Morgan fingerprint density at radius 3 is 2.70 bits per heavy atom. The van der Waals surface area contributed by atoms with E-state index in [9.17, 15) is 9.90 Å². The van der Waals surface area contributed by atoms with Crippen LogP contribution in [0.15, 0.2) is 42.5 Å². The minimum Gasteiger partial charge on any atom is -0.508 e. The van der Waals surface area contributed by atoms with Crippen molar-refractivity contribution in [1.82, 2.24) is 0 Å². The average molecular weight is 271 g/mol. The summed E-state index contributed by atoms with van der Waals surface area (Å²) in [5, 5.41) is 12.4. The number of methoxy groups -OCH3 is 1. The summed E-state index contributed by atoms with van der Waals surface area (Å²) in [6, 6.07) is 12.3. The molecule has 0 unspecified atom stereocenters. The molecule has 2 aromatic rings. The molecule has 20 heavy (non-hydrogen) atoms. The Kier molecular flexibility index (Phi) is 4.38. The third kappa shape index (κ3) is 3.16. The molecule has 0 atom stereocenters. The second-order valence-corrected chi connectivity index (χ2v) is 4.55. The van der Waals surface area contributed by atoms with Gasteiger partial charge in [-0.3, -0.25) is 4.79 Å². The normalized spacial score (nSPS) is 10.3. The highest BCUT2D eigenvalue weighted by molar-refractivity contribution is 6.05. The summed E-state index contributed by atoms with van der Waals surface area (Å²) < 4.78 is 5.08. The molecule has 0 fully saturated rings. The van der Waals surface area contributed by atoms with Gasteiger partial charge in [-0.2, -0.15) is 0 Å². The topological polar surface area (TPSA) is 58.6 Å². The number of nitrogens with one attached hydrogen (secondary N) is 1. The van der Waals surface area contributed by atoms with Gasteiger partial charge in [-0.1, -0.05) is 24.3 Å². The number of carbonyl (C=O) groups is 1. The first-order valence-corrected chi connectivity index (χ1v) is 6.29. The predicted octanol–water partition coefficient (Wildman–Crippen LogP) is 3.10. The maximum atomic E-state index is 12.3. The molecular weight excluding hydrogens is 254 g/mol. The number of hydrogen-bond donors (Lipinski definition) is 2. The molecule has 0 aliphatic rings. The molecule has 0 saturated carbocycles. The predicted molar refractivity (Wildman–Crippen MR) is 78.0 cm³/mol. The Balaban J connectivity index is 2.21. The Morgan fingerprint density at radius 2 is 2.00 bits per heavy atom. The SMILES string of the molecule is COCc1ccccc1C(=O)Nc1ccc(C)c(O)c1. The molecular formula is C16H17NO3. The van der Waals surface area contributed by atoms with E-state index >= 15 is 0 Å². The number of aryl methyl sites for hydroxylation is 1. The molecule has 0 aliphatic carbocycles. The lowest BCUT2D eigenvalue weighted by Crippen LogP contribution is -2.14.